The number of aromatic nitrogens is 1. The van der Waals surface area contributed by atoms with Gasteiger partial charge in [0.25, 0.3) is 0 Å². The van der Waals surface area contributed by atoms with Gasteiger partial charge in [-0.2, -0.15) is 0 Å². The third kappa shape index (κ3) is 4.16. The van der Waals surface area contributed by atoms with Crippen LogP contribution in [0.1, 0.15) is 11.1 Å². The maximum absolute atomic E-state index is 13.2. The van der Waals surface area contributed by atoms with Gasteiger partial charge in [-0.1, -0.05) is 59.6 Å². The lowest BCUT2D eigenvalue weighted by Crippen LogP contribution is -1.97. The summed E-state index contributed by atoms with van der Waals surface area (Å²) in [5.41, 5.74) is 3.36. The highest BCUT2D eigenvalue weighted by Gasteiger charge is 2.10. The van der Waals surface area contributed by atoms with E-state index in [1.165, 1.54) is 27.9 Å². The molecule has 0 bridgehead atoms. The molecule has 0 saturated heterocycles. The molecule has 0 radical (unpaired) electrons. The molecule has 0 aliphatic carbocycles. The molecule has 5 heteroatoms. The zero-order valence-corrected chi connectivity index (χ0v) is 16.7. The smallest absolute Gasteiger partial charge is 0.123 e. The lowest BCUT2D eigenvalue weighted by molar-refractivity contribution is 0.626. The van der Waals surface area contributed by atoms with Crippen LogP contribution in [0.2, 0.25) is 10.0 Å². The molecule has 0 N–H and O–H groups in total. The van der Waals surface area contributed by atoms with E-state index in [4.69, 9.17) is 23.2 Å². The fourth-order valence-corrected chi connectivity index (χ4v) is 4.39. The molecule has 0 spiro atoms. The van der Waals surface area contributed by atoms with Crippen molar-refractivity contribution in [2.45, 2.75) is 17.2 Å². The molecule has 0 amide bonds. The van der Waals surface area contributed by atoms with E-state index in [2.05, 4.69) is 22.9 Å². The van der Waals surface area contributed by atoms with E-state index in [1.807, 2.05) is 42.5 Å². The minimum atomic E-state index is -0.214. The fraction of sp³-hybridized carbons (Fsp3) is 0.0909. The Morgan fingerprint density at radius 3 is 2.37 bits per heavy atom. The van der Waals surface area contributed by atoms with E-state index in [9.17, 15) is 4.39 Å². The lowest BCUT2D eigenvalue weighted by atomic mass is 10.2. The van der Waals surface area contributed by atoms with Crippen molar-refractivity contribution < 1.29 is 4.39 Å². The van der Waals surface area contributed by atoms with Crippen LogP contribution in [0.4, 0.5) is 4.39 Å². The normalized spacial score (nSPS) is 11.2. The van der Waals surface area contributed by atoms with Gasteiger partial charge < -0.3 is 4.57 Å². The SMILES string of the molecule is Fc1ccc(Cn2cc(SCc3ccc(Cl)c(Cl)c3)c3ccccc32)cc1. The highest BCUT2D eigenvalue weighted by molar-refractivity contribution is 7.98. The average molecular weight is 416 g/mol. The molecule has 1 aromatic heterocycles. The number of benzene rings is 3. The predicted molar refractivity (Wildman–Crippen MR) is 113 cm³/mol. The molecule has 1 heterocycles. The highest BCUT2D eigenvalue weighted by atomic mass is 35.5. The molecule has 0 aliphatic rings. The first-order chi connectivity index (χ1) is 13.1. The molecule has 27 heavy (non-hydrogen) atoms. The molecular weight excluding hydrogens is 400 g/mol. The van der Waals surface area contributed by atoms with Crippen LogP contribution in [0.25, 0.3) is 10.9 Å². The van der Waals surface area contributed by atoms with Gasteiger partial charge in [0.2, 0.25) is 0 Å². The van der Waals surface area contributed by atoms with Gasteiger partial charge in [0.05, 0.1) is 10.0 Å². The molecule has 0 saturated carbocycles. The average Bonchev–Trinajstić information content (AvgIpc) is 3.02. The van der Waals surface area contributed by atoms with Gasteiger partial charge in [0.1, 0.15) is 5.82 Å². The van der Waals surface area contributed by atoms with Crippen LogP contribution in [0.3, 0.4) is 0 Å². The van der Waals surface area contributed by atoms with E-state index >= 15 is 0 Å². The molecule has 0 fully saturated rings. The molecule has 0 atom stereocenters. The van der Waals surface area contributed by atoms with E-state index in [0.29, 0.717) is 16.6 Å². The Morgan fingerprint density at radius 2 is 1.59 bits per heavy atom. The van der Waals surface area contributed by atoms with Crippen molar-refractivity contribution in [1.29, 1.82) is 0 Å². The molecule has 4 aromatic rings. The fourth-order valence-electron chi connectivity index (χ4n) is 3.04. The first-order valence-electron chi connectivity index (χ1n) is 8.49. The van der Waals surface area contributed by atoms with Gasteiger partial charge in [-0.25, -0.2) is 4.39 Å². The van der Waals surface area contributed by atoms with Crippen molar-refractivity contribution >= 4 is 45.9 Å². The summed E-state index contributed by atoms with van der Waals surface area (Å²) in [6, 6.07) is 20.7. The number of nitrogens with zero attached hydrogens (tertiary/aromatic N) is 1. The van der Waals surface area contributed by atoms with Crippen molar-refractivity contribution in [2.75, 3.05) is 0 Å². The van der Waals surface area contributed by atoms with Crippen molar-refractivity contribution in [2.24, 2.45) is 0 Å². The van der Waals surface area contributed by atoms with Gasteiger partial charge in [0, 0.05) is 34.3 Å². The summed E-state index contributed by atoms with van der Waals surface area (Å²) in [7, 11) is 0. The Labute approximate surface area is 171 Å². The monoisotopic (exact) mass is 415 g/mol. The van der Waals surface area contributed by atoms with Crippen molar-refractivity contribution in [3.63, 3.8) is 0 Å². The van der Waals surface area contributed by atoms with Crippen molar-refractivity contribution in [1.82, 2.24) is 4.57 Å². The second-order valence-electron chi connectivity index (χ2n) is 6.30. The summed E-state index contributed by atoms with van der Waals surface area (Å²) in [5.74, 6) is 0.593. The molecule has 3 aromatic carbocycles. The van der Waals surface area contributed by atoms with Crippen LogP contribution in [0, 0.1) is 5.82 Å². The Bertz CT molecular complexity index is 1090. The summed E-state index contributed by atoms with van der Waals surface area (Å²) in [6.07, 6.45) is 2.16. The Morgan fingerprint density at radius 1 is 0.852 bits per heavy atom. The molecule has 0 unspecified atom stereocenters. The summed E-state index contributed by atoms with van der Waals surface area (Å²) in [6.45, 7) is 0.703. The van der Waals surface area contributed by atoms with Crippen LogP contribution in [-0.4, -0.2) is 4.57 Å². The zero-order chi connectivity index (χ0) is 18.8. The van der Waals surface area contributed by atoms with Crippen LogP contribution < -0.4 is 0 Å². The maximum Gasteiger partial charge on any atom is 0.123 e. The molecule has 1 nitrogen and oxygen atoms in total. The Balaban J connectivity index is 1.61. The molecule has 0 aliphatic heterocycles. The summed E-state index contributed by atoms with van der Waals surface area (Å²) in [5, 5.41) is 2.36. The Hall–Kier alpha value is -1.94. The first-order valence-corrected chi connectivity index (χ1v) is 10.2. The quantitative estimate of drug-likeness (QED) is 0.306. The lowest BCUT2D eigenvalue weighted by Gasteiger charge is -2.05. The summed E-state index contributed by atoms with van der Waals surface area (Å²) < 4.78 is 15.4. The Kier molecular flexibility index (Phi) is 5.44. The second kappa shape index (κ2) is 7.97. The topological polar surface area (TPSA) is 4.93 Å². The van der Waals surface area contributed by atoms with E-state index in [1.54, 1.807) is 11.8 Å². The minimum Gasteiger partial charge on any atom is -0.342 e. The maximum atomic E-state index is 13.2. The van der Waals surface area contributed by atoms with Gasteiger partial charge in [-0.05, 0) is 41.5 Å². The number of hydrogen-bond acceptors (Lipinski definition) is 1. The van der Waals surface area contributed by atoms with Crippen LogP contribution in [0.5, 0.6) is 0 Å². The zero-order valence-electron chi connectivity index (χ0n) is 14.3. The highest BCUT2D eigenvalue weighted by Crippen LogP contribution is 2.33. The number of rotatable bonds is 5. The van der Waals surface area contributed by atoms with E-state index < -0.39 is 0 Å². The van der Waals surface area contributed by atoms with Gasteiger partial charge in [0.15, 0.2) is 0 Å². The molecule has 4 rings (SSSR count). The van der Waals surface area contributed by atoms with Gasteiger partial charge in [-0.15, -0.1) is 11.8 Å². The van der Waals surface area contributed by atoms with Crippen molar-refractivity contribution in [3.8, 4) is 0 Å². The number of thioether (sulfide) groups is 1. The summed E-state index contributed by atoms with van der Waals surface area (Å²) in [4.78, 5) is 1.21. The standard InChI is InChI=1S/C22H16Cl2FNS/c23-19-10-7-16(11-20(19)24)14-27-22-13-26(21-4-2-1-3-18(21)22)12-15-5-8-17(25)9-6-15/h1-11,13H,12,14H2. The van der Waals surface area contributed by atoms with Gasteiger partial charge >= 0.3 is 0 Å². The van der Waals surface area contributed by atoms with E-state index in [-0.39, 0.29) is 5.82 Å². The first kappa shape index (κ1) is 18.4. The largest absolute Gasteiger partial charge is 0.342 e. The second-order valence-corrected chi connectivity index (χ2v) is 8.13. The number of halogens is 3. The van der Waals surface area contributed by atoms with Crippen LogP contribution >= 0.6 is 35.0 Å². The van der Waals surface area contributed by atoms with E-state index in [0.717, 1.165) is 16.9 Å². The van der Waals surface area contributed by atoms with Crippen molar-refractivity contribution in [3.05, 3.63) is 99.9 Å². The third-order valence-electron chi connectivity index (χ3n) is 4.40. The summed E-state index contributed by atoms with van der Waals surface area (Å²) >= 11 is 13.9. The third-order valence-corrected chi connectivity index (χ3v) is 6.25. The predicted octanol–water partition coefficient (Wildman–Crippen LogP) is 7.43. The minimum absolute atomic E-state index is 0.214. The van der Waals surface area contributed by atoms with Gasteiger partial charge in [-0.3, -0.25) is 0 Å². The van der Waals surface area contributed by atoms with Crippen LogP contribution in [0.15, 0.2) is 77.8 Å². The number of fused-ring (bicyclic) bond motifs is 1. The number of para-hydroxylation sites is 1. The number of hydrogen-bond donors (Lipinski definition) is 0. The van der Waals surface area contributed by atoms with Crippen LogP contribution in [-0.2, 0) is 12.3 Å². The molecule has 136 valence electrons. The molecular formula is C22H16Cl2FNS.